The number of rotatable bonds is 3. The van der Waals surface area contributed by atoms with Crippen molar-refractivity contribution in [1.82, 2.24) is 14.8 Å². The van der Waals surface area contributed by atoms with E-state index in [2.05, 4.69) is 33.6 Å². The third-order valence-corrected chi connectivity index (χ3v) is 3.94. The summed E-state index contributed by atoms with van der Waals surface area (Å²) in [6.45, 7) is 0. The van der Waals surface area contributed by atoms with Gasteiger partial charge < -0.3 is 9.73 Å². The number of hydrogen-bond acceptors (Lipinski definition) is 4. The van der Waals surface area contributed by atoms with Crippen molar-refractivity contribution >= 4 is 5.69 Å². The topological polar surface area (TPSA) is 55.9 Å². The molecule has 0 amide bonds. The standard InChI is InChI=1S/C16H16N4O/c1-2-15(14-8-9-21-16(14)3-1)19-12-4-6-13(7-5-12)20-11-17-10-18-20/h4-11,15,19H,1-3H2. The molecule has 1 N–H and O–H groups in total. The zero-order valence-electron chi connectivity index (χ0n) is 11.6. The van der Waals surface area contributed by atoms with Crippen LogP contribution in [0.2, 0.25) is 0 Å². The van der Waals surface area contributed by atoms with Gasteiger partial charge in [-0.05, 0) is 43.2 Å². The summed E-state index contributed by atoms with van der Waals surface area (Å²) in [6, 6.07) is 10.6. The van der Waals surface area contributed by atoms with Crippen molar-refractivity contribution < 1.29 is 4.42 Å². The molecule has 1 aromatic carbocycles. The fraction of sp³-hybridized carbons (Fsp3) is 0.250. The predicted octanol–water partition coefficient (Wildman–Crippen LogP) is 3.35. The van der Waals surface area contributed by atoms with Crippen molar-refractivity contribution in [3.8, 4) is 5.69 Å². The molecule has 0 fully saturated rings. The minimum atomic E-state index is 0.338. The summed E-state index contributed by atoms with van der Waals surface area (Å²) in [4.78, 5) is 3.96. The Labute approximate surface area is 122 Å². The van der Waals surface area contributed by atoms with E-state index in [-0.39, 0.29) is 0 Å². The molecule has 3 aromatic rings. The van der Waals surface area contributed by atoms with Gasteiger partial charge in [-0.3, -0.25) is 0 Å². The molecule has 0 saturated carbocycles. The van der Waals surface area contributed by atoms with Crippen molar-refractivity contribution in [1.29, 1.82) is 0 Å². The van der Waals surface area contributed by atoms with Crippen LogP contribution < -0.4 is 5.32 Å². The molecule has 0 radical (unpaired) electrons. The van der Waals surface area contributed by atoms with Gasteiger partial charge in [0.2, 0.25) is 0 Å². The smallest absolute Gasteiger partial charge is 0.138 e. The van der Waals surface area contributed by atoms with Crippen molar-refractivity contribution in [2.24, 2.45) is 0 Å². The van der Waals surface area contributed by atoms with Gasteiger partial charge in [-0.15, -0.1) is 0 Å². The first kappa shape index (κ1) is 12.2. The lowest BCUT2D eigenvalue weighted by Gasteiger charge is -2.23. The van der Waals surface area contributed by atoms with Gasteiger partial charge in [-0.25, -0.2) is 9.67 Å². The van der Waals surface area contributed by atoms with Crippen LogP contribution in [-0.4, -0.2) is 14.8 Å². The Morgan fingerprint density at radius 1 is 1.19 bits per heavy atom. The number of aryl methyl sites for hydroxylation is 1. The van der Waals surface area contributed by atoms with Gasteiger partial charge in [-0.2, -0.15) is 5.10 Å². The summed E-state index contributed by atoms with van der Waals surface area (Å²) < 4.78 is 7.28. The first-order valence-electron chi connectivity index (χ1n) is 7.18. The monoisotopic (exact) mass is 280 g/mol. The van der Waals surface area contributed by atoms with E-state index in [4.69, 9.17) is 4.42 Å². The fourth-order valence-corrected chi connectivity index (χ4v) is 2.89. The second kappa shape index (κ2) is 5.09. The van der Waals surface area contributed by atoms with E-state index in [0.29, 0.717) is 6.04 Å². The summed E-state index contributed by atoms with van der Waals surface area (Å²) in [7, 11) is 0. The molecule has 1 aliphatic carbocycles. The van der Waals surface area contributed by atoms with Crippen molar-refractivity contribution in [3.05, 3.63) is 60.6 Å². The Morgan fingerprint density at radius 3 is 2.90 bits per heavy atom. The molecule has 106 valence electrons. The number of benzene rings is 1. The second-order valence-electron chi connectivity index (χ2n) is 5.28. The van der Waals surface area contributed by atoms with E-state index in [0.717, 1.165) is 36.4 Å². The van der Waals surface area contributed by atoms with Crippen LogP contribution in [0.1, 0.15) is 30.2 Å². The maximum Gasteiger partial charge on any atom is 0.138 e. The average Bonchev–Trinajstić information content (AvgIpc) is 3.20. The van der Waals surface area contributed by atoms with Crippen LogP contribution in [0.3, 0.4) is 0 Å². The zero-order chi connectivity index (χ0) is 14.1. The quantitative estimate of drug-likeness (QED) is 0.799. The summed E-state index contributed by atoms with van der Waals surface area (Å²) in [6.07, 6.45) is 8.37. The molecule has 0 saturated heterocycles. The Bertz CT molecular complexity index is 715. The number of nitrogens with zero attached hydrogens (tertiary/aromatic N) is 3. The highest BCUT2D eigenvalue weighted by molar-refractivity contribution is 5.50. The molecule has 2 aromatic heterocycles. The van der Waals surface area contributed by atoms with Crippen LogP contribution in [0.5, 0.6) is 0 Å². The lowest BCUT2D eigenvalue weighted by Crippen LogP contribution is -2.15. The van der Waals surface area contributed by atoms with Gasteiger partial charge in [-0.1, -0.05) is 0 Å². The average molecular weight is 280 g/mol. The van der Waals surface area contributed by atoms with Crippen LogP contribution in [0, 0.1) is 0 Å². The third kappa shape index (κ3) is 2.31. The van der Waals surface area contributed by atoms with Gasteiger partial charge in [0, 0.05) is 17.7 Å². The molecule has 2 heterocycles. The molecule has 1 unspecified atom stereocenters. The molecular weight excluding hydrogens is 264 g/mol. The maximum absolute atomic E-state index is 5.53. The minimum Gasteiger partial charge on any atom is -0.469 e. The van der Waals surface area contributed by atoms with E-state index in [9.17, 15) is 0 Å². The van der Waals surface area contributed by atoms with E-state index >= 15 is 0 Å². The van der Waals surface area contributed by atoms with E-state index in [1.807, 2.05) is 12.1 Å². The van der Waals surface area contributed by atoms with Gasteiger partial charge in [0.25, 0.3) is 0 Å². The molecule has 5 nitrogen and oxygen atoms in total. The molecule has 5 heteroatoms. The number of aromatic nitrogens is 3. The number of nitrogens with one attached hydrogen (secondary N) is 1. The lowest BCUT2D eigenvalue weighted by molar-refractivity contribution is 0.461. The summed E-state index contributed by atoms with van der Waals surface area (Å²) in [5.41, 5.74) is 3.41. The first-order chi connectivity index (χ1) is 10.4. The van der Waals surface area contributed by atoms with Crippen molar-refractivity contribution in [2.75, 3.05) is 5.32 Å². The predicted molar refractivity (Wildman–Crippen MR) is 79.4 cm³/mol. The molecule has 4 rings (SSSR count). The molecule has 0 bridgehead atoms. The maximum atomic E-state index is 5.53. The molecule has 1 aliphatic rings. The number of furan rings is 1. The van der Waals surface area contributed by atoms with Gasteiger partial charge in [0.05, 0.1) is 18.0 Å². The minimum absolute atomic E-state index is 0.338. The first-order valence-corrected chi connectivity index (χ1v) is 7.18. The molecule has 0 aliphatic heterocycles. The highest BCUT2D eigenvalue weighted by Gasteiger charge is 2.22. The highest BCUT2D eigenvalue weighted by atomic mass is 16.3. The van der Waals surface area contributed by atoms with E-state index < -0.39 is 0 Å². The van der Waals surface area contributed by atoms with Crippen LogP contribution in [0.15, 0.2) is 53.7 Å². The normalized spacial score (nSPS) is 17.4. The molecule has 1 atom stereocenters. The van der Waals surface area contributed by atoms with Gasteiger partial charge >= 0.3 is 0 Å². The summed E-state index contributed by atoms with van der Waals surface area (Å²) in [5, 5.41) is 7.72. The van der Waals surface area contributed by atoms with E-state index in [1.165, 1.54) is 11.9 Å². The third-order valence-electron chi connectivity index (χ3n) is 3.94. The van der Waals surface area contributed by atoms with Gasteiger partial charge in [0.1, 0.15) is 18.4 Å². The summed E-state index contributed by atoms with van der Waals surface area (Å²) >= 11 is 0. The largest absolute Gasteiger partial charge is 0.469 e. The fourth-order valence-electron chi connectivity index (χ4n) is 2.89. The van der Waals surface area contributed by atoms with Crippen LogP contribution >= 0.6 is 0 Å². The Morgan fingerprint density at radius 2 is 2.10 bits per heavy atom. The van der Waals surface area contributed by atoms with Gasteiger partial charge in [0.15, 0.2) is 0 Å². The molecular formula is C16H16N4O. The van der Waals surface area contributed by atoms with Crippen molar-refractivity contribution in [2.45, 2.75) is 25.3 Å². The highest BCUT2D eigenvalue weighted by Crippen LogP contribution is 2.33. The van der Waals surface area contributed by atoms with E-state index in [1.54, 1.807) is 17.3 Å². The zero-order valence-corrected chi connectivity index (χ0v) is 11.6. The number of fused-ring (bicyclic) bond motifs is 1. The Hall–Kier alpha value is -2.56. The van der Waals surface area contributed by atoms with Crippen LogP contribution in [0.4, 0.5) is 5.69 Å². The lowest BCUT2D eigenvalue weighted by atomic mass is 9.93. The second-order valence-corrected chi connectivity index (χ2v) is 5.28. The number of anilines is 1. The van der Waals surface area contributed by atoms with Crippen LogP contribution in [0.25, 0.3) is 5.69 Å². The van der Waals surface area contributed by atoms with Crippen LogP contribution in [-0.2, 0) is 6.42 Å². The Kier molecular flexibility index (Phi) is 2.96. The number of hydrogen-bond donors (Lipinski definition) is 1. The molecule has 0 spiro atoms. The molecule has 21 heavy (non-hydrogen) atoms. The van der Waals surface area contributed by atoms with Crippen molar-refractivity contribution in [3.63, 3.8) is 0 Å². The SMILES string of the molecule is c1ncn(-c2ccc(NC3CCCc4occc43)cc2)n1. The Balaban J connectivity index is 1.54. The summed E-state index contributed by atoms with van der Waals surface area (Å²) in [5.74, 6) is 1.12.